The average Bonchev–Trinajstić information content (AvgIpc) is 2.61. The van der Waals surface area contributed by atoms with Crippen LogP contribution >= 0.6 is 0 Å². The van der Waals surface area contributed by atoms with Gasteiger partial charge in [0.25, 0.3) is 0 Å². The lowest BCUT2D eigenvalue weighted by molar-refractivity contribution is 0.123. The fraction of sp³-hybridized carbons (Fsp3) is 0.500. The number of hydrogen-bond acceptors (Lipinski definition) is 4. The second kappa shape index (κ2) is 8.65. The van der Waals surface area contributed by atoms with Crippen LogP contribution in [0, 0.1) is 12.8 Å². The molecule has 4 nitrogen and oxygen atoms in total. The molecule has 0 radical (unpaired) electrons. The highest BCUT2D eigenvalue weighted by atomic mass is 15.3. The number of piperazine rings is 1. The maximum Gasteiger partial charge on any atom is 0.124 e. The van der Waals surface area contributed by atoms with Crippen LogP contribution < -0.4 is 5.73 Å². The van der Waals surface area contributed by atoms with E-state index in [1.165, 1.54) is 49.4 Å². The van der Waals surface area contributed by atoms with E-state index in [-0.39, 0.29) is 0 Å². The van der Waals surface area contributed by atoms with Crippen molar-refractivity contribution in [1.29, 1.82) is 0 Å². The summed E-state index contributed by atoms with van der Waals surface area (Å²) in [5.41, 5.74) is 10.6. The topological polar surface area (TPSA) is 45.4 Å². The minimum absolute atomic E-state index is 0.572. The van der Waals surface area contributed by atoms with Gasteiger partial charge in [-0.15, -0.1) is 0 Å². The first-order chi connectivity index (χ1) is 12.5. The molecule has 0 aliphatic carbocycles. The Morgan fingerprint density at radius 1 is 1.04 bits per heavy atom. The molecule has 0 saturated carbocycles. The molecule has 0 unspecified atom stereocenters. The highest BCUT2D eigenvalue weighted by Gasteiger charge is 2.17. The average molecular weight is 353 g/mol. The molecule has 0 atom stereocenters. The van der Waals surface area contributed by atoms with Crippen LogP contribution in [0.4, 0.5) is 5.82 Å². The predicted octanol–water partition coefficient (Wildman–Crippen LogP) is 3.46. The largest absolute Gasteiger partial charge is 0.384 e. The molecule has 3 rings (SSSR count). The van der Waals surface area contributed by atoms with Gasteiger partial charge in [-0.05, 0) is 42.5 Å². The first-order valence-corrected chi connectivity index (χ1v) is 9.78. The quantitative estimate of drug-likeness (QED) is 0.865. The molecule has 1 aromatic carbocycles. The summed E-state index contributed by atoms with van der Waals surface area (Å²) in [7, 11) is 0. The molecule has 26 heavy (non-hydrogen) atoms. The number of aryl methyl sites for hydroxylation is 1. The highest BCUT2D eigenvalue weighted by molar-refractivity contribution is 5.65. The third kappa shape index (κ3) is 5.05. The van der Waals surface area contributed by atoms with Crippen molar-refractivity contribution in [2.24, 2.45) is 5.92 Å². The van der Waals surface area contributed by atoms with Crippen molar-refractivity contribution in [3.8, 4) is 11.3 Å². The Kier molecular flexibility index (Phi) is 6.28. The van der Waals surface area contributed by atoms with Crippen molar-refractivity contribution in [1.82, 2.24) is 14.8 Å². The van der Waals surface area contributed by atoms with E-state index in [1.807, 2.05) is 18.2 Å². The van der Waals surface area contributed by atoms with Crippen LogP contribution in [0.5, 0.6) is 0 Å². The Morgan fingerprint density at radius 3 is 2.42 bits per heavy atom. The Balaban J connectivity index is 1.54. The summed E-state index contributed by atoms with van der Waals surface area (Å²) in [6, 6.07) is 12.5. The number of benzene rings is 1. The monoisotopic (exact) mass is 352 g/mol. The van der Waals surface area contributed by atoms with E-state index >= 15 is 0 Å². The normalized spacial score (nSPS) is 16.3. The first kappa shape index (κ1) is 18.9. The van der Waals surface area contributed by atoms with E-state index in [1.54, 1.807) is 0 Å². The number of nitrogens with zero attached hydrogens (tertiary/aromatic N) is 3. The Morgan fingerprint density at radius 2 is 1.77 bits per heavy atom. The van der Waals surface area contributed by atoms with Gasteiger partial charge < -0.3 is 15.5 Å². The van der Waals surface area contributed by atoms with Gasteiger partial charge >= 0.3 is 0 Å². The third-order valence-corrected chi connectivity index (χ3v) is 5.14. The maximum absolute atomic E-state index is 5.82. The Labute approximate surface area is 158 Å². The van der Waals surface area contributed by atoms with Crippen LogP contribution in [0.15, 0.2) is 36.4 Å². The van der Waals surface area contributed by atoms with E-state index in [4.69, 9.17) is 5.73 Å². The lowest BCUT2D eigenvalue weighted by Gasteiger charge is -2.35. The number of pyridine rings is 1. The summed E-state index contributed by atoms with van der Waals surface area (Å²) in [5.74, 6) is 1.33. The fourth-order valence-electron chi connectivity index (χ4n) is 3.77. The lowest BCUT2D eigenvalue weighted by atomic mass is 10.0. The van der Waals surface area contributed by atoms with Gasteiger partial charge in [0.1, 0.15) is 5.82 Å². The van der Waals surface area contributed by atoms with Crippen molar-refractivity contribution in [3.05, 3.63) is 47.5 Å². The molecular formula is C22H32N4. The SMILES string of the molecule is Cc1cc(CCN2CCN(CC(C)C)CC2)ccc1-c1cccc(N)n1. The van der Waals surface area contributed by atoms with Gasteiger partial charge in [0.15, 0.2) is 0 Å². The molecule has 1 fully saturated rings. The van der Waals surface area contributed by atoms with E-state index in [0.717, 1.165) is 24.6 Å². The van der Waals surface area contributed by atoms with E-state index in [9.17, 15) is 0 Å². The van der Waals surface area contributed by atoms with Crippen LogP contribution in [0.25, 0.3) is 11.3 Å². The molecule has 2 aromatic rings. The summed E-state index contributed by atoms with van der Waals surface area (Å²) in [4.78, 5) is 9.64. The molecule has 2 heterocycles. The molecule has 1 saturated heterocycles. The molecule has 140 valence electrons. The second-order valence-electron chi connectivity index (χ2n) is 7.88. The zero-order valence-corrected chi connectivity index (χ0v) is 16.4. The van der Waals surface area contributed by atoms with Gasteiger partial charge in [-0.25, -0.2) is 4.98 Å². The van der Waals surface area contributed by atoms with E-state index in [0.29, 0.717) is 5.82 Å². The molecule has 0 spiro atoms. The molecule has 1 aliphatic heterocycles. The van der Waals surface area contributed by atoms with Gasteiger partial charge in [-0.3, -0.25) is 0 Å². The van der Waals surface area contributed by atoms with E-state index < -0.39 is 0 Å². The van der Waals surface area contributed by atoms with Crippen molar-refractivity contribution >= 4 is 5.82 Å². The van der Waals surface area contributed by atoms with E-state index in [2.05, 4.69) is 53.8 Å². The third-order valence-electron chi connectivity index (χ3n) is 5.14. The Hall–Kier alpha value is -1.91. The number of hydrogen-bond donors (Lipinski definition) is 1. The molecule has 2 N–H and O–H groups in total. The summed E-state index contributed by atoms with van der Waals surface area (Å²) < 4.78 is 0. The van der Waals surface area contributed by atoms with Gasteiger partial charge in [-0.2, -0.15) is 0 Å². The van der Waals surface area contributed by atoms with Crippen LogP contribution in [0.3, 0.4) is 0 Å². The van der Waals surface area contributed by atoms with Crippen LogP contribution in [0.1, 0.15) is 25.0 Å². The van der Waals surface area contributed by atoms with Gasteiger partial charge in [0, 0.05) is 44.8 Å². The Bertz CT molecular complexity index is 718. The van der Waals surface area contributed by atoms with Crippen LogP contribution in [-0.4, -0.2) is 54.1 Å². The zero-order chi connectivity index (χ0) is 18.5. The number of rotatable bonds is 6. The molecule has 1 aromatic heterocycles. The zero-order valence-electron chi connectivity index (χ0n) is 16.4. The highest BCUT2D eigenvalue weighted by Crippen LogP contribution is 2.23. The molecule has 4 heteroatoms. The lowest BCUT2D eigenvalue weighted by Crippen LogP contribution is -2.47. The van der Waals surface area contributed by atoms with Gasteiger partial charge in [-0.1, -0.05) is 38.1 Å². The molecule has 1 aliphatic rings. The number of nitrogen functional groups attached to an aromatic ring is 1. The standard InChI is InChI=1S/C22H32N4/c1-17(2)16-26-13-11-25(12-14-26)10-9-19-7-8-20(18(3)15-19)21-5-4-6-22(23)24-21/h4-8,15,17H,9-14,16H2,1-3H3,(H2,23,24). The fourth-order valence-corrected chi connectivity index (χ4v) is 3.77. The number of nitrogens with two attached hydrogens (primary N) is 1. The van der Waals surface area contributed by atoms with Crippen molar-refractivity contribution in [2.45, 2.75) is 27.2 Å². The first-order valence-electron chi connectivity index (χ1n) is 9.78. The molecule has 0 amide bonds. The minimum Gasteiger partial charge on any atom is -0.384 e. The van der Waals surface area contributed by atoms with Crippen molar-refractivity contribution < 1.29 is 0 Å². The predicted molar refractivity (Wildman–Crippen MR) is 110 cm³/mol. The number of anilines is 1. The maximum atomic E-state index is 5.82. The van der Waals surface area contributed by atoms with Crippen molar-refractivity contribution in [2.75, 3.05) is 45.0 Å². The smallest absolute Gasteiger partial charge is 0.124 e. The van der Waals surface area contributed by atoms with Crippen molar-refractivity contribution in [3.63, 3.8) is 0 Å². The number of aromatic nitrogens is 1. The summed E-state index contributed by atoms with van der Waals surface area (Å²) in [6.07, 6.45) is 1.11. The van der Waals surface area contributed by atoms with Crippen LogP contribution in [0.2, 0.25) is 0 Å². The van der Waals surface area contributed by atoms with Gasteiger partial charge in [0.2, 0.25) is 0 Å². The minimum atomic E-state index is 0.572. The second-order valence-corrected chi connectivity index (χ2v) is 7.88. The molecular weight excluding hydrogens is 320 g/mol. The van der Waals surface area contributed by atoms with Gasteiger partial charge in [0.05, 0.1) is 5.69 Å². The molecule has 0 bridgehead atoms. The summed E-state index contributed by atoms with van der Waals surface area (Å²) in [6.45, 7) is 13.9. The summed E-state index contributed by atoms with van der Waals surface area (Å²) in [5, 5.41) is 0. The van der Waals surface area contributed by atoms with Crippen LogP contribution in [-0.2, 0) is 6.42 Å². The summed E-state index contributed by atoms with van der Waals surface area (Å²) >= 11 is 0.